The maximum Gasteiger partial charge on any atom is 0.255 e. The van der Waals surface area contributed by atoms with Crippen LogP contribution >= 0.6 is 0 Å². The second kappa shape index (κ2) is 8.19. The number of nitrogens with one attached hydrogen (secondary N) is 2. The van der Waals surface area contributed by atoms with Crippen molar-refractivity contribution in [2.45, 2.75) is 13.8 Å². The lowest BCUT2D eigenvalue weighted by Gasteiger charge is -2.13. The molecule has 136 valence electrons. The molecule has 5 nitrogen and oxygen atoms in total. The van der Waals surface area contributed by atoms with Gasteiger partial charge in [-0.3, -0.25) is 9.59 Å². The highest BCUT2D eigenvalue weighted by molar-refractivity contribution is 6.06. The Balaban J connectivity index is 1.81. The van der Waals surface area contributed by atoms with E-state index in [2.05, 4.69) is 10.6 Å². The first-order valence-electron chi connectivity index (χ1n) is 8.54. The SMILES string of the molecule is CC(=O)Nc1cc(C(=O)Nc2ccccc2Oc2ccccc2)ccc1C. The molecule has 0 heterocycles. The lowest BCUT2D eigenvalue weighted by molar-refractivity contribution is -0.114. The van der Waals surface area contributed by atoms with Crippen LogP contribution < -0.4 is 15.4 Å². The second-order valence-electron chi connectivity index (χ2n) is 6.08. The molecule has 0 aliphatic rings. The van der Waals surface area contributed by atoms with E-state index in [0.717, 1.165) is 5.56 Å². The molecule has 5 heteroatoms. The van der Waals surface area contributed by atoms with E-state index in [-0.39, 0.29) is 11.8 Å². The number of hydrogen-bond donors (Lipinski definition) is 2. The maximum absolute atomic E-state index is 12.7. The van der Waals surface area contributed by atoms with Gasteiger partial charge in [0.15, 0.2) is 5.75 Å². The van der Waals surface area contributed by atoms with Gasteiger partial charge in [0.05, 0.1) is 5.69 Å². The topological polar surface area (TPSA) is 67.4 Å². The fourth-order valence-electron chi connectivity index (χ4n) is 2.56. The minimum Gasteiger partial charge on any atom is -0.455 e. The van der Waals surface area contributed by atoms with Crippen molar-refractivity contribution in [1.29, 1.82) is 0 Å². The first-order chi connectivity index (χ1) is 13.0. The van der Waals surface area contributed by atoms with E-state index in [1.807, 2.05) is 49.4 Å². The van der Waals surface area contributed by atoms with Gasteiger partial charge in [-0.25, -0.2) is 0 Å². The molecule has 3 aromatic rings. The van der Waals surface area contributed by atoms with Crippen molar-refractivity contribution in [3.8, 4) is 11.5 Å². The van der Waals surface area contributed by atoms with E-state index >= 15 is 0 Å². The van der Waals surface area contributed by atoms with Gasteiger partial charge in [0, 0.05) is 18.2 Å². The molecule has 0 aromatic heterocycles. The molecule has 0 radical (unpaired) electrons. The molecule has 0 bridgehead atoms. The summed E-state index contributed by atoms with van der Waals surface area (Å²) < 4.78 is 5.87. The number of amides is 2. The van der Waals surface area contributed by atoms with Crippen molar-refractivity contribution < 1.29 is 14.3 Å². The molecule has 3 aromatic carbocycles. The number of hydrogen-bond acceptors (Lipinski definition) is 3. The van der Waals surface area contributed by atoms with Crippen LogP contribution in [0.3, 0.4) is 0 Å². The van der Waals surface area contributed by atoms with Crippen LogP contribution in [0.5, 0.6) is 11.5 Å². The molecule has 0 aliphatic carbocycles. The minimum absolute atomic E-state index is 0.183. The van der Waals surface area contributed by atoms with Gasteiger partial charge in [-0.05, 0) is 48.9 Å². The van der Waals surface area contributed by atoms with E-state index in [1.165, 1.54) is 6.92 Å². The largest absolute Gasteiger partial charge is 0.455 e. The van der Waals surface area contributed by atoms with Gasteiger partial charge >= 0.3 is 0 Å². The Labute approximate surface area is 158 Å². The summed E-state index contributed by atoms with van der Waals surface area (Å²) in [5, 5.41) is 5.60. The first kappa shape index (κ1) is 18.2. The molecular formula is C22H20N2O3. The summed E-state index contributed by atoms with van der Waals surface area (Å²) in [5.41, 5.74) is 2.51. The zero-order valence-corrected chi connectivity index (χ0v) is 15.2. The number of carbonyl (C=O) groups excluding carboxylic acids is 2. The van der Waals surface area contributed by atoms with Crippen LogP contribution in [0.2, 0.25) is 0 Å². The summed E-state index contributed by atoms with van der Waals surface area (Å²) in [5.74, 6) is 0.761. The molecule has 0 fully saturated rings. The van der Waals surface area contributed by atoms with E-state index < -0.39 is 0 Å². The summed E-state index contributed by atoms with van der Waals surface area (Å²) in [6.07, 6.45) is 0. The van der Waals surface area contributed by atoms with Crippen molar-refractivity contribution in [3.05, 3.63) is 83.9 Å². The third-order valence-electron chi connectivity index (χ3n) is 3.92. The fraction of sp³-hybridized carbons (Fsp3) is 0.0909. The molecule has 0 atom stereocenters. The fourth-order valence-corrected chi connectivity index (χ4v) is 2.56. The Bertz CT molecular complexity index is 968. The quantitative estimate of drug-likeness (QED) is 0.673. The molecule has 27 heavy (non-hydrogen) atoms. The average molecular weight is 360 g/mol. The van der Waals surface area contributed by atoms with Gasteiger partial charge in [-0.15, -0.1) is 0 Å². The molecule has 2 N–H and O–H groups in total. The first-order valence-corrected chi connectivity index (χ1v) is 8.54. The van der Waals surface area contributed by atoms with E-state index in [4.69, 9.17) is 4.74 Å². The molecule has 3 rings (SSSR count). The maximum atomic E-state index is 12.7. The standard InChI is InChI=1S/C22H20N2O3/c1-15-12-13-17(14-20(15)23-16(2)25)22(26)24-19-10-6-7-11-21(19)27-18-8-4-3-5-9-18/h3-14H,1-2H3,(H,23,25)(H,24,26). The second-order valence-corrected chi connectivity index (χ2v) is 6.08. The molecule has 0 aliphatic heterocycles. The van der Waals surface area contributed by atoms with Crippen LogP contribution in [0.25, 0.3) is 0 Å². The number of rotatable bonds is 5. The van der Waals surface area contributed by atoms with Gasteiger partial charge in [0.2, 0.25) is 5.91 Å². The van der Waals surface area contributed by atoms with Crippen LogP contribution in [0.4, 0.5) is 11.4 Å². The third-order valence-corrected chi connectivity index (χ3v) is 3.92. The number of ether oxygens (including phenoxy) is 1. The predicted molar refractivity (Wildman–Crippen MR) is 106 cm³/mol. The van der Waals surface area contributed by atoms with Crippen LogP contribution in [0, 0.1) is 6.92 Å². The summed E-state index contributed by atoms with van der Waals surface area (Å²) in [6.45, 7) is 3.30. The molecule has 0 spiro atoms. The van der Waals surface area contributed by atoms with Crippen LogP contribution in [-0.2, 0) is 4.79 Å². The van der Waals surface area contributed by atoms with E-state index in [0.29, 0.717) is 28.4 Å². The highest BCUT2D eigenvalue weighted by Gasteiger charge is 2.12. The predicted octanol–water partition coefficient (Wildman–Crippen LogP) is 5.00. The summed E-state index contributed by atoms with van der Waals surface area (Å²) in [7, 11) is 0. The smallest absolute Gasteiger partial charge is 0.255 e. The van der Waals surface area contributed by atoms with Crippen molar-refractivity contribution in [1.82, 2.24) is 0 Å². The highest BCUT2D eigenvalue weighted by atomic mass is 16.5. The molecule has 2 amide bonds. The van der Waals surface area contributed by atoms with Crippen molar-refractivity contribution in [2.75, 3.05) is 10.6 Å². The van der Waals surface area contributed by atoms with Crippen molar-refractivity contribution in [3.63, 3.8) is 0 Å². The number of benzene rings is 3. The van der Waals surface area contributed by atoms with Gasteiger partial charge in [-0.2, -0.15) is 0 Å². The molecule has 0 saturated heterocycles. The Hall–Kier alpha value is -3.60. The Morgan fingerprint density at radius 2 is 1.52 bits per heavy atom. The van der Waals surface area contributed by atoms with Gasteiger partial charge in [0.1, 0.15) is 5.75 Å². The summed E-state index contributed by atoms with van der Waals surface area (Å²) >= 11 is 0. The zero-order valence-electron chi connectivity index (χ0n) is 15.2. The normalized spacial score (nSPS) is 10.1. The van der Waals surface area contributed by atoms with Gasteiger partial charge in [-0.1, -0.05) is 36.4 Å². The Morgan fingerprint density at radius 3 is 2.26 bits per heavy atom. The van der Waals surface area contributed by atoms with Crippen LogP contribution in [-0.4, -0.2) is 11.8 Å². The average Bonchev–Trinajstić information content (AvgIpc) is 2.65. The number of aryl methyl sites for hydroxylation is 1. The molecule has 0 unspecified atom stereocenters. The minimum atomic E-state index is -0.286. The van der Waals surface area contributed by atoms with Crippen LogP contribution in [0.15, 0.2) is 72.8 Å². The third kappa shape index (κ3) is 4.73. The van der Waals surface area contributed by atoms with E-state index in [9.17, 15) is 9.59 Å². The number of carbonyl (C=O) groups is 2. The summed E-state index contributed by atoms with van der Waals surface area (Å²) in [6, 6.07) is 21.8. The number of para-hydroxylation sites is 3. The highest BCUT2D eigenvalue weighted by Crippen LogP contribution is 2.29. The molecule has 0 saturated carbocycles. The lowest BCUT2D eigenvalue weighted by atomic mass is 10.1. The van der Waals surface area contributed by atoms with E-state index in [1.54, 1.807) is 30.3 Å². The monoisotopic (exact) mass is 360 g/mol. The van der Waals surface area contributed by atoms with Crippen molar-refractivity contribution in [2.24, 2.45) is 0 Å². The van der Waals surface area contributed by atoms with Gasteiger partial charge < -0.3 is 15.4 Å². The van der Waals surface area contributed by atoms with Crippen molar-refractivity contribution >= 4 is 23.2 Å². The number of anilines is 2. The Kier molecular flexibility index (Phi) is 5.52. The molecular weight excluding hydrogens is 340 g/mol. The Morgan fingerprint density at radius 1 is 0.815 bits per heavy atom. The lowest BCUT2D eigenvalue weighted by Crippen LogP contribution is -2.14. The van der Waals surface area contributed by atoms with Gasteiger partial charge in [0.25, 0.3) is 5.91 Å². The summed E-state index contributed by atoms with van der Waals surface area (Å²) in [4.78, 5) is 24.0. The van der Waals surface area contributed by atoms with Crippen LogP contribution in [0.1, 0.15) is 22.8 Å². The zero-order chi connectivity index (χ0) is 19.2.